The summed E-state index contributed by atoms with van der Waals surface area (Å²) in [5.74, 6) is 0.655. The van der Waals surface area contributed by atoms with E-state index in [4.69, 9.17) is 15.0 Å². The third-order valence-electron chi connectivity index (χ3n) is 18.8. The minimum absolute atomic E-state index is 0.00866. The summed E-state index contributed by atoms with van der Waals surface area (Å²) in [4.78, 5) is 15.1. The number of hydrogen-bond donors (Lipinski definition) is 0. The predicted octanol–water partition coefficient (Wildman–Crippen LogP) is 23.5. The number of benzene rings is 8. The van der Waals surface area contributed by atoms with Gasteiger partial charge in [-0.25, -0.2) is 4.98 Å². The Balaban J connectivity index is 0.983. The standard InChI is InChI=1S/C81H78Br2N4/c1-78(2,3)55-28-33-61(68(45-55)63-30-26-50(43-70(63)82)73-47-57(35-37-84-73)80(7,8)9)53-39-52(60-20-14-13-19-59(60)49-25-32-66-67(42-49)65-21-15-17-23-75(65)87-76-24-18-16-22-72(76)86-77(66)87)40-54(41-53)62-34-29-56(79(4,5)6)46-69(62)64-31-27-51(44-71(64)83)74-48-58(36-38-85-74)81(10,11)12/h13-38,42-48,52-54H,39-41H2,1-12H3. The van der Waals surface area contributed by atoms with Crippen molar-refractivity contribution in [2.24, 2.45) is 0 Å². The summed E-state index contributed by atoms with van der Waals surface area (Å²) in [7, 11) is 0. The summed E-state index contributed by atoms with van der Waals surface area (Å²) < 4.78 is 4.49. The predicted molar refractivity (Wildman–Crippen MR) is 376 cm³/mol. The van der Waals surface area contributed by atoms with E-state index in [9.17, 15) is 0 Å². The molecule has 2 atom stereocenters. The van der Waals surface area contributed by atoms with Crippen molar-refractivity contribution in [3.05, 3.63) is 248 Å². The number of fused-ring (bicyclic) bond motifs is 8. The fourth-order valence-electron chi connectivity index (χ4n) is 13.8. The fourth-order valence-corrected chi connectivity index (χ4v) is 15.0. The van der Waals surface area contributed by atoms with E-state index in [0.717, 1.165) is 72.8 Å². The number of aromatic nitrogens is 4. The van der Waals surface area contributed by atoms with Crippen LogP contribution in [0.25, 0.3) is 94.3 Å². The highest BCUT2D eigenvalue weighted by Crippen LogP contribution is 2.54. The first-order valence-electron chi connectivity index (χ1n) is 31.1. The first-order chi connectivity index (χ1) is 41.5. The molecule has 4 heterocycles. The number of pyridine rings is 3. The first-order valence-corrected chi connectivity index (χ1v) is 32.7. The topological polar surface area (TPSA) is 43.1 Å². The molecule has 8 aromatic carbocycles. The second kappa shape index (κ2) is 22.3. The van der Waals surface area contributed by atoms with Gasteiger partial charge in [0.15, 0.2) is 0 Å². The lowest BCUT2D eigenvalue weighted by Crippen LogP contribution is -2.22. The highest BCUT2D eigenvalue weighted by molar-refractivity contribution is 9.11. The summed E-state index contributed by atoms with van der Waals surface area (Å²) in [5.41, 5.74) is 25.2. The molecule has 0 saturated heterocycles. The van der Waals surface area contributed by atoms with Crippen LogP contribution in [0.15, 0.2) is 209 Å². The lowest BCUT2D eigenvalue weighted by Gasteiger charge is -2.39. The van der Waals surface area contributed by atoms with E-state index in [1.54, 1.807) is 0 Å². The minimum atomic E-state index is -0.0618. The molecule has 0 amide bonds. The number of rotatable bonds is 8. The molecule has 0 aliphatic heterocycles. The van der Waals surface area contributed by atoms with Crippen molar-refractivity contribution in [2.45, 2.75) is 142 Å². The van der Waals surface area contributed by atoms with Crippen molar-refractivity contribution in [1.29, 1.82) is 0 Å². The molecule has 436 valence electrons. The highest BCUT2D eigenvalue weighted by Gasteiger charge is 2.36. The van der Waals surface area contributed by atoms with E-state index in [-0.39, 0.29) is 39.4 Å². The number of hydrogen-bond acceptors (Lipinski definition) is 3. The maximum absolute atomic E-state index is 5.28. The van der Waals surface area contributed by atoms with Crippen LogP contribution in [0.5, 0.6) is 0 Å². The van der Waals surface area contributed by atoms with Gasteiger partial charge in [0.1, 0.15) is 5.65 Å². The molecule has 87 heavy (non-hydrogen) atoms. The summed E-state index contributed by atoms with van der Waals surface area (Å²) in [6.07, 6.45) is 6.91. The minimum Gasteiger partial charge on any atom is -0.292 e. The molecule has 0 radical (unpaired) electrons. The average Bonchev–Trinajstić information content (AvgIpc) is 1.73. The van der Waals surface area contributed by atoms with Gasteiger partial charge in [0.05, 0.1) is 27.9 Å². The Morgan fingerprint density at radius 2 is 0.805 bits per heavy atom. The zero-order valence-corrected chi connectivity index (χ0v) is 55.6. The molecule has 1 aliphatic carbocycles. The van der Waals surface area contributed by atoms with Gasteiger partial charge in [-0.2, -0.15) is 0 Å². The molecule has 4 nitrogen and oxygen atoms in total. The molecule has 1 aliphatic rings. The third-order valence-corrected chi connectivity index (χ3v) is 20.1. The second-order valence-electron chi connectivity index (χ2n) is 28.8. The summed E-state index contributed by atoms with van der Waals surface area (Å²) >= 11 is 8.43. The van der Waals surface area contributed by atoms with E-state index in [2.05, 4.69) is 307 Å². The van der Waals surface area contributed by atoms with Crippen LogP contribution in [0.2, 0.25) is 0 Å². The van der Waals surface area contributed by atoms with E-state index in [1.165, 1.54) is 88.6 Å². The molecule has 2 unspecified atom stereocenters. The van der Waals surface area contributed by atoms with Crippen LogP contribution < -0.4 is 0 Å². The Morgan fingerprint density at radius 1 is 0.356 bits per heavy atom. The maximum atomic E-state index is 5.28. The van der Waals surface area contributed by atoms with Gasteiger partial charge in [-0.3, -0.25) is 14.4 Å². The van der Waals surface area contributed by atoms with E-state index in [0.29, 0.717) is 0 Å². The third kappa shape index (κ3) is 11.2. The highest BCUT2D eigenvalue weighted by atomic mass is 79.9. The van der Waals surface area contributed by atoms with Crippen molar-refractivity contribution in [3.8, 4) is 55.9 Å². The van der Waals surface area contributed by atoms with Gasteiger partial charge in [-0.15, -0.1) is 0 Å². The maximum Gasteiger partial charge on any atom is 0.146 e. The molecule has 1 fully saturated rings. The lowest BCUT2D eigenvalue weighted by atomic mass is 9.65. The molecule has 13 rings (SSSR count). The van der Waals surface area contributed by atoms with Crippen molar-refractivity contribution in [3.63, 3.8) is 0 Å². The van der Waals surface area contributed by atoms with Gasteiger partial charge in [0.2, 0.25) is 0 Å². The molecule has 0 N–H and O–H groups in total. The van der Waals surface area contributed by atoms with Crippen molar-refractivity contribution >= 4 is 70.2 Å². The Morgan fingerprint density at radius 3 is 1.32 bits per heavy atom. The first kappa shape index (κ1) is 58.5. The van der Waals surface area contributed by atoms with Gasteiger partial charge in [-0.1, -0.05) is 236 Å². The fraction of sp³-hybridized carbons (Fsp3) is 0.272. The molecular formula is C81H78Br2N4. The Labute approximate surface area is 531 Å². The summed E-state index contributed by atoms with van der Waals surface area (Å²) in [6.45, 7) is 27.6. The summed E-state index contributed by atoms with van der Waals surface area (Å²) in [6, 6.07) is 71.3. The van der Waals surface area contributed by atoms with Crippen LogP contribution in [-0.4, -0.2) is 19.4 Å². The van der Waals surface area contributed by atoms with E-state index >= 15 is 0 Å². The van der Waals surface area contributed by atoms with Crippen LogP contribution >= 0.6 is 31.9 Å². The van der Waals surface area contributed by atoms with Crippen LogP contribution in [0.1, 0.15) is 159 Å². The molecule has 12 aromatic rings. The number of imidazole rings is 1. The molecule has 1 saturated carbocycles. The van der Waals surface area contributed by atoms with Crippen molar-refractivity contribution in [1.82, 2.24) is 19.4 Å². The molecule has 6 heteroatoms. The monoisotopic (exact) mass is 1260 g/mol. The molecule has 0 spiro atoms. The van der Waals surface area contributed by atoms with E-state index in [1.807, 2.05) is 12.4 Å². The number of para-hydroxylation sites is 3. The number of halogens is 2. The Kier molecular flexibility index (Phi) is 15.0. The smallest absolute Gasteiger partial charge is 0.146 e. The van der Waals surface area contributed by atoms with Crippen molar-refractivity contribution < 1.29 is 0 Å². The quantitative estimate of drug-likeness (QED) is 0.142. The number of nitrogens with zero attached hydrogens (tertiary/aromatic N) is 4. The molecule has 0 bridgehead atoms. The van der Waals surface area contributed by atoms with Crippen LogP contribution in [0, 0.1) is 0 Å². The lowest BCUT2D eigenvalue weighted by molar-refractivity contribution is 0.352. The van der Waals surface area contributed by atoms with Crippen LogP contribution in [0.3, 0.4) is 0 Å². The zero-order valence-electron chi connectivity index (χ0n) is 52.5. The van der Waals surface area contributed by atoms with Gasteiger partial charge in [0.25, 0.3) is 0 Å². The normalized spacial score (nSPS) is 16.1. The summed E-state index contributed by atoms with van der Waals surface area (Å²) in [5, 5.41) is 3.60. The SMILES string of the molecule is CC(C)(C)c1ccnc(-c2ccc(-c3cc(C(C)(C)C)ccc3C3CC(c4ccccc4-c4ccc5c(c4)c4ccccc4n4c6ccccc6nc54)CC(c4ccc(C(C)(C)C)cc4-c4ccc(-c5cc(C(C)(C)C)ccn5)cc4Br)C3)c(Br)c2)c1. The van der Waals surface area contributed by atoms with Crippen LogP contribution in [-0.2, 0) is 21.7 Å². The Hall–Kier alpha value is -7.51. The Bertz CT molecular complexity index is 4470. The largest absolute Gasteiger partial charge is 0.292 e. The van der Waals surface area contributed by atoms with Gasteiger partial charge < -0.3 is 0 Å². The van der Waals surface area contributed by atoms with Crippen molar-refractivity contribution in [2.75, 3.05) is 0 Å². The average molecular weight is 1270 g/mol. The zero-order chi connectivity index (χ0) is 60.9. The van der Waals surface area contributed by atoms with Gasteiger partial charge >= 0.3 is 0 Å². The van der Waals surface area contributed by atoms with Gasteiger partial charge in [0, 0.05) is 43.2 Å². The van der Waals surface area contributed by atoms with E-state index < -0.39 is 0 Å². The second-order valence-corrected chi connectivity index (χ2v) is 30.5. The van der Waals surface area contributed by atoms with Crippen LogP contribution in [0.4, 0.5) is 0 Å². The van der Waals surface area contributed by atoms with Gasteiger partial charge in [-0.05, 0) is 203 Å². The molecular weight excluding hydrogens is 1190 g/mol. The molecule has 4 aromatic heterocycles.